The Bertz CT molecular complexity index is 305. The number of hydrogen-bond donors (Lipinski definition) is 1. The molecule has 0 aliphatic carbocycles. The first-order valence-corrected chi connectivity index (χ1v) is 4.50. The molecule has 7 nitrogen and oxygen atoms in total. The Labute approximate surface area is 148 Å². The van der Waals surface area contributed by atoms with E-state index < -0.39 is 42.5 Å². The van der Waals surface area contributed by atoms with Gasteiger partial charge in [0.2, 0.25) is 0 Å². The van der Waals surface area contributed by atoms with Crippen LogP contribution in [0.1, 0.15) is 26.7 Å². The Hall–Kier alpha value is 0.370. The van der Waals surface area contributed by atoms with Gasteiger partial charge in [-0.3, -0.25) is 4.79 Å². The van der Waals surface area contributed by atoms with Gasteiger partial charge in [0.1, 0.15) is 5.60 Å². The van der Waals surface area contributed by atoms with E-state index in [1.165, 1.54) is 13.8 Å². The maximum absolute atomic E-state index is 11.1. The van der Waals surface area contributed by atoms with Gasteiger partial charge < -0.3 is 29.6 Å². The summed E-state index contributed by atoms with van der Waals surface area (Å²) in [5.74, 6) is -4.88. The van der Waals surface area contributed by atoms with Gasteiger partial charge in [0, 0.05) is 12.4 Å². The van der Waals surface area contributed by atoms with Crippen LogP contribution in [-0.4, -0.2) is 34.7 Å². The number of aliphatic carboxylic acids is 2. The minimum absolute atomic E-state index is 0. The van der Waals surface area contributed by atoms with Gasteiger partial charge in [-0.1, -0.05) is 0 Å². The number of rotatable bonds is 6. The summed E-state index contributed by atoms with van der Waals surface area (Å²) in [6.07, 6.45) is -2.73. The van der Waals surface area contributed by atoms with Crippen LogP contribution < -0.4 is 69.3 Å². The summed E-state index contributed by atoms with van der Waals surface area (Å²) in [7, 11) is 0. The Balaban J connectivity index is -0.00000112. The van der Waals surface area contributed by atoms with Crippen molar-refractivity contribution in [2.24, 2.45) is 0 Å². The first kappa shape index (κ1) is 23.5. The summed E-state index contributed by atoms with van der Waals surface area (Å²) in [5, 5.41) is 30.1. The topological polar surface area (TPSA) is 127 Å². The van der Waals surface area contributed by atoms with Crippen molar-refractivity contribution in [3.05, 3.63) is 0 Å². The fourth-order valence-electron chi connectivity index (χ4n) is 0.989. The Morgan fingerprint density at radius 2 is 1.61 bits per heavy atom. The molecule has 1 N–H and O–H groups in total. The van der Waals surface area contributed by atoms with E-state index >= 15 is 0 Å². The number of aliphatic hydroxyl groups is 1. The number of carboxylic acid groups (broad SMARTS) is 2. The molecule has 0 aromatic rings. The van der Waals surface area contributed by atoms with E-state index in [2.05, 4.69) is 4.74 Å². The van der Waals surface area contributed by atoms with Gasteiger partial charge in [0.05, 0.1) is 18.5 Å². The van der Waals surface area contributed by atoms with Crippen molar-refractivity contribution in [2.45, 2.75) is 38.4 Å². The third kappa shape index (κ3) is 9.32. The zero-order valence-corrected chi connectivity index (χ0v) is 14.9. The number of esters is 1. The Morgan fingerprint density at radius 3 is 1.89 bits per heavy atom. The third-order valence-electron chi connectivity index (χ3n) is 1.62. The van der Waals surface area contributed by atoms with Crippen LogP contribution in [0.5, 0.6) is 0 Å². The zero-order chi connectivity index (χ0) is 12.9. The standard InChI is InChI=1S/C9H14O7.2Na/c1-5(2)16-7(12)4-9(15,8(13)14)3-6(10)11;;/h5,15H,3-4H2,1-2H3,(H,10,11)(H,13,14);;/q;2*+1/p-2. The van der Waals surface area contributed by atoms with Crippen molar-refractivity contribution < 1.29 is 93.6 Å². The molecule has 0 heterocycles. The quantitative estimate of drug-likeness (QED) is 0.377. The first-order chi connectivity index (χ1) is 7.17. The van der Waals surface area contributed by atoms with Crippen molar-refractivity contribution in [3.63, 3.8) is 0 Å². The molecule has 0 fully saturated rings. The number of carboxylic acids is 2. The fourth-order valence-corrected chi connectivity index (χ4v) is 0.989. The largest absolute Gasteiger partial charge is 1.00 e. The number of carbonyl (C=O) groups is 3. The van der Waals surface area contributed by atoms with E-state index in [-0.39, 0.29) is 59.1 Å². The van der Waals surface area contributed by atoms with Crippen molar-refractivity contribution in [1.82, 2.24) is 0 Å². The summed E-state index contributed by atoms with van der Waals surface area (Å²) >= 11 is 0. The van der Waals surface area contributed by atoms with Gasteiger partial charge in [-0.25, -0.2) is 0 Å². The van der Waals surface area contributed by atoms with Gasteiger partial charge in [0.25, 0.3) is 0 Å². The molecule has 0 aromatic heterocycles. The molecule has 0 bridgehead atoms. The smallest absolute Gasteiger partial charge is 0.550 e. The number of carbonyl (C=O) groups excluding carboxylic acids is 3. The van der Waals surface area contributed by atoms with E-state index in [0.29, 0.717) is 0 Å². The molecule has 0 aliphatic heterocycles. The summed E-state index contributed by atoms with van der Waals surface area (Å²) < 4.78 is 4.57. The predicted octanol–water partition coefficient (Wildman–Crippen LogP) is -9.04. The maximum Gasteiger partial charge on any atom is 1.00 e. The SMILES string of the molecule is CC(C)OC(=O)CC(O)(CC(=O)[O-])C(=O)[O-].[Na+].[Na+]. The average molecular weight is 278 g/mol. The molecular formula is C9H12Na2O7. The van der Waals surface area contributed by atoms with Crippen LogP contribution in [0.2, 0.25) is 0 Å². The van der Waals surface area contributed by atoms with Gasteiger partial charge in [-0.2, -0.15) is 0 Å². The van der Waals surface area contributed by atoms with Crippen molar-refractivity contribution >= 4 is 17.9 Å². The molecule has 0 spiro atoms. The summed E-state index contributed by atoms with van der Waals surface area (Å²) in [5.41, 5.74) is -2.80. The monoisotopic (exact) mass is 278 g/mol. The molecule has 9 heteroatoms. The molecule has 0 saturated heterocycles. The van der Waals surface area contributed by atoms with E-state index in [0.717, 1.165) is 0 Å². The summed E-state index contributed by atoms with van der Waals surface area (Å²) in [6.45, 7) is 3.05. The van der Waals surface area contributed by atoms with E-state index in [1.807, 2.05) is 0 Å². The van der Waals surface area contributed by atoms with Gasteiger partial charge in [-0.15, -0.1) is 0 Å². The predicted molar refractivity (Wildman–Crippen MR) is 45.4 cm³/mol. The first-order valence-electron chi connectivity index (χ1n) is 4.50. The molecule has 0 rings (SSSR count). The molecule has 0 saturated carbocycles. The molecule has 0 aliphatic rings. The van der Waals surface area contributed by atoms with E-state index in [4.69, 9.17) is 0 Å². The Morgan fingerprint density at radius 1 is 1.17 bits per heavy atom. The van der Waals surface area contributed by atoms with Crippen LogP contribution in [-0.2, 0) is 19.1 Å². The number of hydrogen-bond acceptors (Lipinski definition) is 7. The van der Waals surface area contributed by atoms with Crippen LogP contribution in [0.3, 0.4) is 0 Å². The van der Waals surface area contributed by atoms with Gasteiger partial charge >= 0.3 is 65.1 Å². The second-order valence-electron chi connectivity index (χ2n) is 3.58. The Kier molecular flexibility index (Phi) is 13.3. The van der Waals surface area contributed by atoms with Crippen molar-refractivity contribution in [3.8, 4) is 0 Å². The average Bonchev–Trinajstić information content (AvgIpc) is 1.98. The molecule has 0 aromatic carbocycles. The minimum Gasteiger partial charge on any atom is -0.550 e. The van der Waals surface area contributed by atoms with Crippen LogP contribution in [0.15, 0.2) is 0 Å². The van der Waals surface area contributed by atoms with Gasteiger partial charge in [0.15, 0.2) is 0 Å². The number of ether oxygens (including phenoxy) is 1. The molecule has 0 amide bonds. The van der Waals surface area contributed by atoms with Crippen LogP contribution in [0.4, 0.5) is 0 Å². The van der Waals surface area contributed by atoms with E-state index in [1.54, 1.807) is 0 Å². The van der Waals surface area contributed by atoms with E-state index in [9.17, 15) is 29.7 Å². The molecule has 0 radical (unpaired) electrons. The minimum atomic E-state index is -2.80. The van der Waals surface area contributed by atoms with Crippen molar-refractivity contribution in [1.29, 1.82) is 0 Å². The van der Waals surface area contributed by atoms with Gasteiger partial charge in [-0.05, 0) is 13.8 Å². The van der Waals surface area contributed by atoms with Crippen molar-refractivity contribution in [2.75, 3.05) is 0 Å². The maximum atomic E-state index is 11.1. The normalized spacial score (nSPS) is 12.7. The summed E-state index contributed by atoms with van der Waals surface area (Å²) in [6, 6.07) is 0. The molecule has 18 heavy (non-hydrogen) atoms. The molecule has 92 valence electrons. The molecule has 1 atom stereocenters. The van der Waals surface area contributed by atoms with Crippen LogP contribution in [0.25, 0.3) is 0 Å². The third-order valence-corrected chi connectivity index (χ3v) is 1.62. The zero-order valence-electron chi connectivity index (χ0n) is 10.9. The molecular weight excluding hydrogens is 266 g/mol. The fraction of sp³-hybridized carbons (Fsp3) is 0.667. The second kappa shape index (κ2) is 10.2. The van der Waals surface area contributed by atoms with Crippen LogP contribution >= 0.6 is 0 Å². The van der Waals surface area contributed by atoms with Crippen LogP contribution in [0, 0.1) is 0 Å². The second-order valence-corrected chi connectivity index (χ2v) is 3.58. The molecule has 1 unspecified atom stereocenters. The summed E-state index contributed by atoms with van der Waals surface area (Å²) in [4.78, 5) is 31.8.